The monoisotopic (exact) mass is 466 g/mol. The second kappa shape index (κ2) is 8.63. The van der Waals surface area contributed by atoms with Crippen molar-refractivity contribution in [2.75, 3.05) is 13.2 Å². The number of rotatable bonds is 8. The maximum Gasteiger partial charge on any atom is 0.296 e. The molecule has 0 N–H and O–H groups in total. The lowest BCUT2D eigenvalue weighted by Gasteiger charge is -2.27. The van der Waals surface area contributed by atoms with Crippen LogP contribution in [0.1, 0.15) is 24.0 Å². The van der Waals surface area contributed by atoms with Crippen molar-refractivity contribution in [3.05, 3.63) is 59.7 Å². The van der Waals surface area contributed by atoms with Crippen molar-refractivity contribution in [1.82, 2.24) is 0 Å². The molecule has 2 bridgehead atoms. The molecule has 9 heteroatoms. The molecule has 0 aliphatic carbocycles. The Labute approximate surface area is 183 Å². The van der Waals surface area contributed by atoms with Crippen molar-refractivity contribution in [3.8, 4) is 0 Å². The number of fused-ring (bicyclic) bond motifs is 2. The van der Waals surface area contributed by atoms with Gasteiger partial charge in [-0.05, 0) is 51.0 Å². The Kier molecular flexibility index (Phi) is 6.24. The van der Waals surface area contributed by atoms with E-state index < -0.39 is 20.2 Å². The van der Waals surface area contributed by atoms with Crippen molar-refractivity contribution in [1.29, 1.82) is 0 Å². The highest BCUT2D eigenvalue weighted by molar-refractivity contribution is 7.87. The summed E-state index contributed by atoms with van der Waals surface area (Å²) in [5.74, 6) is -0.514. The van der Waals surface area contributed by atoms with E-state index in [1.54, 1.807) is 24.3 Å². The third kappa shape index (κ3) is 4.85. The smallest absolute Gasteiger partial charge is 0.296 e. The Morgan fingerprint density at radius 1 is 0.710 bits per heavy atom. The van der Waals surface area contributed by atoms with Gasteiger partial charge >= 0.3 is 0 Å². The summed E-state index contributed by atoms with van der Waals surface area (Å²) < 4.78 is 66.8. The molecule has 0 unspecified atom stereocenters. The zero-order valence-corrected chi connectivity index (χ0v) is 19.1. The summed E-state index contributed by atoms with van der Waals surface area (Å²) in [6.07, 6.45) is 1.28. The third-order valence-corrected chi connectivity index (χ3v) is 8.63. The summed E-state index contributed by atoms with van der Waals surface area (Å²) in [7, 11) is -7.82. The number of benzene rings is 2. The molecule has 4 rings (SSSR count). The van der Waals surface area contributed by atoms with Gasteiger partial charge in [-0.2, -0.15) is 16.8 Å². The predicted octanol–water partition coefficient (Wildman–Crippen LogP) is 3.21. The zero-order chi connectivity index (χ0) is 22.2. The molecule has 7 nitrogen and oxygen atoms in total. The Balaban J connectivity index is 1.43. The van der Waals surface area contributed by atoms with E-state index in [1.165, 1.54) is 24.3 Å². The van der Waals surface area contributed by atoms with E-state index >= 15 is 0 Å². The maximum atomic E-state index is 12.6. The van der Waals surface area contributed by atoms with Gasteiger partial charge < -0.3 is 4.74 Å². The molecular formula is C22H26O7S2. The molecule has 2 aromatic carbocycles. The molecule has 0 amide bonds. The summed E-state index contributed by atoms with van der Waals surface area (Å²) in [6, 6.07) is 12.9. The molecule has 0 radical (unpaired) electrons. The van der Waals surface area contributed by atoms with Crippen LogP contribution >= 0.6 is 0 Å². The number of hydrogen-bond acceptors (Lipinski definition) is 7. The van der Waals surface area contributed by atoms with Crippen molar-refractivity contribution >= 4 is 20.2 Å². The van der Waals surface area contributed by atoms with Gasteiger partial charge in [-0.15, -0.1) is 0 Å². The first-order valence-corrected chi connectivity index (χ1v) is 13.0. The summed E-state index contributed by atoms with van der Waals surface area (Å²) >= 11 is 0. The van der Waals surface area contributed by atoms with Crippen molar-refractivity contribution in [2.24, 2.45) is 11.8 Å². The Hall–Kier alpha value is -1.78. The van der Waals surface area contributed by atoms with Crippen LogP contribution in [0, 0.1) is 25.7 Å². The molecule has 0 spiro atoms. The van der Waals surface area contributed by atoms with Crippen LogP contribution in [0.5, 0.6) is 0 Å². The molecule has 2 saturated heterocycles. The number of ether oxygens (including phenoxy) is 1. The highest BCUT2D eigenvalue weighted by Gasteiger charge is 2.50. The fraction of sp³-hybridized carbons (Fsp3) is 0.455. The molecule has 2 aliphatic heterocycles. The van der Waals surface area contributed by atoms with Gasteiger partial charge in [0.25, 0.3) is 20.2 Å². The molecule has 4 atom stereocenters. The second-order valence-electron chi connectivity index (χ2n) is 8.22. The van der Waals surface area contributed by atoms with Crippen LogP contribution in [0.3, 0.4) is 0 Å². The molecule has 2 fully saturated rings. The average molecular weight is 467 g/mol. The minimum absolute atomic E-state index is 0.0734. The first-order valence-electron chi connectivity index (χ1n) is 10.2. The van der Waals surface area contributed by atoms with E-state index in [1.807, 2.05) is 13.8 Å². The van der Waals surface area contributed by atoms with Crippen LogP contribution in [0.4, 0.5) is 0 Å². The lowest BCUT2D eigenvalue weighted by Crippen LogP contribution is -2.35. The molecular weight excluding hydrogens is 440 g/mol. The van der Waals surface area contributed by atoms with Gasteiger partial charge in [-0.1, -0.05) is 35.4 Å². The molecule has 168 valence electrons. The van der Waals surface area contributed by atoms with Crippen LogP contribution < -0.4 is 0 Å². The standard InChI is InChI=1S/C22H26O7S2/c1-15-3-7-17(8-4-15)30(23,24)27-13-19-20(22-12-11-21(19)29-22)14-28-31(25,26)18-9-5-16(2)6-10-18/h3-10,19-22H,11-14H2,1-2H3/t19-,20-,21+,22+/m0/s1. The zero-order valence-electron chi connectivity index (χ0n) is 17.4. The SMILES string of the molecule is Cc1ccc(S(=O)(=O)OC[C@H]2[C@H](COS(=O)(=O)c3ccc(C)cc3)[C@H]3CC[C@H]2O3)cc1. The van der Waals surface area contributed by atoms with Crippen molar-refractivity contribution in [3.63, 3.8) is 0 Å². The highest BCUT2D eigenvalue weighted by Crippen LogP contribution is 2.44. The van der Waals surface area contributed by atoms with Crippen molar-refractivity contribution in [2.45, 2.75) is 48.7 Å². The highest BCUT2D eigenvalue weighted by atomic mass is 32.2. The largest absolute Gasteiger partial charge is 0.374 e. The van der Waals surface area contributed by atoms with E-state index in [0.29, 0.717) is 0 Å². The fourth-order valence-electron chi connectivity index (χ4n) is 4.21. The Bertz CT molecular complexity index is 1030. The van der Waals surface area contributed by atoms with E-state index in [0.717, 1.165) is 24.0 Å². The second-order valence-corrected chi connectivity index (χ2v) is 11.5. The van der Waals surface area contributed by atoms with Crippen molar-refractivity contribution < 1.29 is 29.9 Å². The van der Waals surface area contributed by atoms with E-state index in [-0.39, 0.29) is 47.0 Å². The molecule has 2 heterocycles. The van der Waals surface area contributed by atoms with Gasteiger partial charge in [0, 0.05) is 11.8 Å². The molecule has 0 aromatic heterocycles. The van der Waals surface area contributed by atoms with Gasteiger partial charge in [0.15, 0.2) is 0 Å². The lowest BCUT2D eigenvalue weighted by atomic mass is 9.80. The van der Waals surface area contributed by atoms with Gasteiger partial charge in [-0.3, -0.25) is 8.37 Å². The van der Waals surface area contributed by atoms with Gasteiger partial charge in [-0.25, -0.2) is 0 Å². The third-order valence-electron chi connectivity index (χ3n) is 6.04. The number of hydrogen-bond donors (Lipinski definition) is 0. The number of aryl methyl sites for hydroxylation is 2. The Morgan fingerprint density at radius 2 is 1.06 bits per heavy atom. The molecule has 0 saturated carbocycles. The van der Waals surface area contributed by atoms with E-state index in [9.17, 15) is 16.8 Å². The van der Waals surface area contributed by atoms with Crippen LogP contribution in [0.2, 0.25) is 0 Å². The van der Waals surface area contributed by atoms with Crippen LogP contribution in [0.25, 0.3) is 0 Å². The predicted molar refractivity (Wildman–Crippen MR) is 114 cm³/mol. The fourth-order valence-corrected chi connectivity index (χ4v) is 6.10. The van der Waals surface area contributed by atoms with Crippen LogP contribution in [-0.2, 0) is 33.3 Å². The lowest BCUT2D eigenvalue weighted by molar-refractivity contribution is 0.0791. The summed E-state index contributed by atoms with van der Waals surface area (Å²) in [5, 5.41) is 0. The normalized spacial score (nSPS) is 25.7. The summed E-state index contributed by atoms with van der Waals surface area (Å²) in [5.41, 5.74) is 1.90. The van der Waals surface area contributed by atoms with Crippen LogP contribution in [-0.4, -0.2) is 42.3 Å². The Morgan fingerprint density at radius 3 is 1.42 bits per heavy atom. The molecule has 31 heavy (non-hydrogen) atoms. The van der Waals surface area contributed by atoms with Gasteiger partial charge in [0.05, 0.1) is 35.2 Å². The summed E-state index contributed by atoms with van der Waals surface area (Å²) in [6.45, 7) is 3.60. The maximum absolute atomic E-state index is 12.6. The summed E-state index contributed by atoms with van der Waals surface area (Å²) in [4.78, 5) is 0.189. The average Bonchev–Trinajstić information content (AvgIpc) is 3.33. The topological polar surface area (TPSA) is 96.0 Å². The minimum Gasteiger partial charge on any atom is -0.374 e. The van der Waals surface area contributed by atoms with Gasteiger partial charge in [0.2, 0.25) is 0 Å². The van der Waals surface area contributed by atoms with Gasteiger partial charge in [0.1, 0.15) is 0 Å². The minimum atomic E-state index is -3.91. The van der Waals surface area contributed by atoms with E-state index in [4.69, 9.17) is 13.1 Å². The quantitative estimate of drug-likeness (QED) is 0.551. The van der Waals surface area contributed by atoms with Crippen LogP contribution in [0.15, 0.2) is 58.3 Å². The molecule has 2 aromatic rings. The first-order chi connectivity index (χ1) is 14.7. The van der Waals surface area contributed by atoms with E-state index in [2.05, 4.69) is 0 Å². The first kappa shape index (κ1) is 22.4. The molecule has 2 aliphatic rings.